The molecule has 1 atom stereocenters. The average Bonchev–Trinajstić information content (AvgIpc) is 2.49. The maximum Gasteiger partial charge on any atom is 0.306 e. The molecule has 0 radical (unpaired) electrons. The van der Waals surface area contributed by atoms with Crippen molar-refractivity contribution < 1.29 is 9.53 Å². The second-order valence-electron chi connectivity index (χ2n) is 5.72. The third-order valence-corrected chi connectivity index (χ3v) is 3.55. The summed E-state index contributed by atoms with van der Waals surface area (Å²) >= 11 is 0. The van der Waals surface area contributed by atoms with Gasteiger partial charge >= 0.3 is 5.97 Å². The summed E-state index contributed by atoms with van der Waals surface area (Å²) in [6.07, 6.45) is 26.0. The fourth-order valence-corrected chi connectivity index (χ4v) is 2.28. The summed E-state index contributed by atoms with van der Waals surface area (Å²) in [5.74, 6) is -0.0594. The van der Waals surface area contributed by atoms with Crippen LogP contribution in [0, 0.1) is 0 Å². The monoisotopic (exact) mass is 302 g/mol. The molecule has 0 spiro atoms. The van der Waals surface area contributed by atoms with Gasteiger partial charge in [-0.3, -0.25) is 4.79 Å². The van der Waals surface area contributed by atoms with Crippen molar-refractivity contribution in [3.05, 3.63) is 48.6 Å². The van der Waals surface area contributed by atoms with Crippen molar-refractivity contribution in [3.8, 4) is 0 Å². The molecule has 1 aliphatic heterocycles. The lowest BCUT2D eigenvalue weighted by molar-refractivity contribution is -0.148. The van der Waals surface area contributed by atoms with E-state index in [0.717, 1.165) is 51.4 Å². The second-order valence-corrected chi connectivity index (χ2v) is 5.72. The van der Waals surface area contributed by atoms with E-state index in [0.29, 0.717) is 6.42 Å². The number of carbonyl (C=O) groups is 1. The van der Waals surface area contributed by atoms with E-state index in [-0.39, 0.29) is 12.1 Å². The topological polar surface area (TPSA) is 26.3 Å². The van der Waals surface area contributed by atoms with Gasteiger partial charge in [-0.05, 0) is 58.3 Å². The molecular weight excluding hydrogens is 272 g/mol. The number of hydrogen-bond acceptors (Lipinski definition) is 2. The van der Waals surface area contributed by atoms with Gasteiger partial charge in [-0.25, -0.2) is 0 Å². The lowest BCUT2D eigenvalue weighted by Gasteiger charge is -2.12. The van der Waals surface area contributed by atoms with Crippen LogP contribution in [0.1, 0.15) is 64.7 Å². The van der Waals surface area contributed by atoms with E-state index >= 15 is 0 Å². The fourth-order valence-electron chi connectivity index (χ4n) is 2.28. The Morgan fingerprint density at radius 2 is 1.32 bits per heavy atom. The molecule has 0 amide bonds. The van der Waals surface area contributed by atoms with Gasteiger partial charge in [0.05, 0.1) is 6.10 Å². The van der Waals surface area contributed by atoms with E-state index < -0.39 is 0 Å². The van der Waals surface area contributed by atoms with Gasteiger partial charge in [-0.1, -0.05) is 48.6 Å². The van der Waals surface area contributed by atoms with E-state index in [9.17, 15) is 4.79 Å². The third kappa shape index (κ3) is 11.1. The second kappa shape index (κ2) is 13.1. The number of allylic oxidation sites excluding steroid dienone is 8. The summed E-state index contributed by atoms with van der Waals surface area (Å²) < 4.78 is 5.42. The standard InChI is InChI=1S/C20H30O2/c1-19-17-15-13-11-9-7-5-3-2-4-6-8-10-12-14-16-18-20(21)22-19/h3-6,9-12,19H,2,7-8,13-18H2,1H3/b5-3-,6-4-,11-9-,12-10-. The lowest BCUT2D eigenvalue weighted by atomic mass is 10.1. The molecule has 0 saturated carbocycles. The maximum absolute atomic E-state index is 11.7. The molecule has 0 bridgehead atoms. The average molecular weight is 302 g/mol. The highest BCUT2D eigenvalue weighted by Crippen LogP contribution is 2.08. The highest BCUT2D eigenvalue weighted by atomic mass is 16.5. The summed E-state index contributed by atoms with van der Waals surface area (Å²) in [6.45, 7) is 1.99. The van der Waals surface area contributed by atoms with Crippen molar-refractivity contribution in [2.45, 2.75) is 70.8 Å². The molecule has 0 fully saturated rings. The summed E-state index contributed by atoms with van der Waals surface area (Å²) in [6, 6.07) is 0. The molecule has 1 aliphatic rings. The molecule has 0 aromatic carbocycles. The van der Waals surface area contributed by atoms with Crippen LogP contribution in [-0.4, -0.2) is 12.1 Å². The van der Waals surface area contributed by atoms with Gasteiger partial charge in [0.25, 0.3) is 0 Å². The number of cyclic esters (lactones) is 1. The van der Waals surface area contributed by atoms with Crippen LogP contribution in [0.25, 0.3) is 0 Å². The largest absolute Gasteiger partial charge is 0.463 e. The lowest BCUT2D eigenvalue weighted by Crippen LogP contribution is -2.14. The Bertz CT molecular complexity index is 402. The molecular formula is C20H30O2. The van der Waals surface area contributed by atoms with Crippen molar-refractivity contribution in [2.24, 2.45) is 0 Å². The number of ether oxygens (including phenoxy) is 1. The van der Waals surface area contributed by atoms with Gasteiger partial charge in [0.2, 0.25) is 0 Å². The molecule has 0 aromatic heterocycles. The molecule has 1 heterocycles. The van der Waals surface area contributed by atoms with Crippen molar-refractivity contribution in [1.29, 1.82) is 0 Å². The Labute approximate surface area is 135 Å². The molecule has 0 saturated heterocycles. The van der Waals surface area contributed by atoms with Crippen LogP contribution in [0.3, 0.4) is 0 Å². The molecule has 2 heteroatoms. The zero-order valence-corrected chi connectivity index (χ0v) is 13.9. The molecule has 122 valence electrons. The third-order valence-electron chi connectivity index (χ3n) is 3.55. The summed E-state index contributed by atoms with van der Waals surface area (Å²) in [5, 5.41) is 0. The number of carbonyl (C=O) groups excluding carboxylic acids is 1. The fraction of sp³-hybridized carbons (Fsp3) is 0.550. The van der Waals surface area contributed by atoms with E-state index in [4.69, 9.17) is 4.74 Å². The Hall–Kier alpha value is -1.57. The van der Waals surface area contributed by atoms with Gasteiger partial charge in [0.15, 0.2) is 0 Å². The quantitative estimate of drug-likeness (QED) is 0.426. The molecule has 0 aromatic rings. The van der Waals surface area contributed by atoms with Gasteiger partial charge in [0.1, 0.15) is 0 Å². The molecule has 1 rings (SSSR count). The van der Waals surface area contributed by atoms with Crippen LogP contribution in [0.15, 0.2) is 48.6 Å². The van der Waals surface area contributed by atoms with Gasteiger partial charge in [0, 0.05) is 6.42 Å². The summed E-state index contributed by atoms with van der Waals surface area (Å²) in [4.78, 5) is 11.7. The van der Waals surface area contributed by atoms with Gasteiger partial charge < -0.3 is 4.74 Å². The normalized spacial score (nSPS) is 29.0. The van der Waals surface area contributed by atoms with Crippen molar-refractivity contribution in [1.82, 2.24) is 0 Å². The van der Waals surface area contributed by atoms with Crippen LogP contribution in [-0.2, 0) is 9.53 Å². The molecule has 0 N–H and O–H groups in total. The molecule has 0 aliphatic carbocycles. The summed E-state index contributed by atoms with van der Waals surface area (Å²) in [5.41, 5.74) is 0. The maximum atomic E-state index is 11.7. The minimum Gasteiger partial charge on any atom is -0.463 e. The predicted molar refractivity (Wildman–Crippen MR) is 93.7 cm³/mol. The Morgan fingerprint density at radius 3 is 1.91 bits per heavy atom. The van der Waals surface area contributed by atoms with Gasteiger partial charge in [-0.2, -0.15) is 0 Å². The molecule has 1 unspecified atom stereocenters. The van der Waals surface area contributed by atoms with E-state index in [1.807, 2.05) is 6.92 Å². The van der Waals surface area contributed by atoms with Crippen LogP contribution in [0.2, 0.25) is 0 Å². The highest BCUT2D eigenvalue weighted by molar-refractivity contribution is 5.69. The minimum atomic E-state index is -0.0594. The Kier molecular flexibility index (Phi) is 11.0. The first-order valence-electron chi connectivity index (χ1n) is 8.58. The minimum absolute atomic E-state index is 0.0343. The predicted octanol–water partition coefficient (Wildman–Crippen LogP) is 5.67. The first-order valence-corrected chi connectivity index (χ1v) is 8.58. The first-order chi connectivity index (χ1) is 10.8. The molecule has 2 nitrogen and oxygen atoms in total. The smallest absolute Gasteiger partial charge is 0.306 e. The van der Waals surface area contributed by atoms with E-state index in [1.54, 1.807) is 0 Å². The zero-order chi connectivity index (χ0) is 15.9. The first kappa shape index (κ1) is 18.5. The number of hydrogen-bond donors (Lipinski definition) is 0. The zero-order valence-electron chi connectivity index (χ0n) is 13.9. The number of rotatable bonds is 0. The number of esters is 1. The van der Waals surface area contributed by atoms with Gasteiger partial charge in [-0.15, -0.1) is 0 Å². The van der Waals surface area contributed by atoms with Crippen LogP contribution in [0.4, 0.5) is 0 Å². The Morgan fingerprint density at radius 1 is 0.818 bits per heavy atom. The van der Waals surface area contributed by atoms with Crippen LogP contribution >= 0.6 is 0 Å². The van der Waals surface area contributed by atoms with E-state index in [1.165, 1.54) is 0 Å². The van der Waals surface area contributed by atoms with Crippen molar-refractivity contribution in [3.63, 3.8) is 0 Å². The SMILES string of the molecule is CC1CCC/C=C\C/C=C\C/C=C\C/C=C\CCCC(=O)O1. The van der Waals surface area contributed by atoms with E-state index in [2.05, 4.69) is 48.6 Å². The van der Waals surface area contributed by atoms with Crippen molar-refractivity contribution >= 4 is 5.97 Å². The van der Waals surface area contributed by atoms with Crippen LogP contribution in [0.5, 0.6) is 0 Å². The van der Waals surface area contributed by atoms with Crippen LogP contribution < -0.4 is 0 Å². The highest BCUT2D eigenvalue weighted by Gasteiger charge is 2.08. The summed E-state index contributed by atoms with van der Waals surface area (Å²) in [7, 11) is 0. The van der Waals surface area contributed by atoms with Crippen molar-refractivity contribution in [2.75, 3.05) is 0 Å². The molecule has 22 heavy (non-hydrogen) atoms. The Balaban J connectivity index is 2.40.